The number of benzene rings is 2. The molecule has 0 bridgehead atoms. The Morgan fingerprint density at radius 3 is 2.39 bits per heavy atom. The summed E-state index contributed by atoms with van der Waals surface area (Å²) < 4.78 is 17.2. The molecule has 0 aliphatic rings. The fraction of sp³-hybridized carbons (Fsp3) is 0.333. The van der Waals surface area contributed by atoms with Crippen molar-refractivity contribution in [3.05, 3.63) is 63.7 Å². The number of hydrogen-bond acceptors (Lipinski definition) is 8. The zero-order valence-electron chi connectivity index (χ0n) is 21.3. The van der Waals surface area contributed by atoms with Crippen molar-refractivity contribution in [2.75, 3.05) is 25.6 Å². The van der Waals surface area contributed by atoms with Crippen LogP contribution in [0.15, 0.2) is 42.0 Å². The Hall–Kier alpha value is -3.90. The van der Waals surface area contributed by atoms with Gasteiger partial charge in [0.15, 0.2) is 11.5 Å². The third kappa shape index (κ3) is 6.83. The summed E-state index contributed by atoms with van der Waals surface area (Å²) in [6, 6.07) is 13.1. The van der Waals surface area contributed by atoms with E-state index in [1.807, 2.05) is 58.9 Å². The van der Waals surface area contributed by atoms with E-state index in [1.165, 1.54) is 24.5 Å². The van der Waals surface area contributed by atoms with Crippen LogP contribution < -0.4 is 19.5 Å². The van der Waals surface area contributed by atoms with Crippen LogP contribution >= 0.6 is 11.3 Å². The number of nitrogens with one attached hydrogen (secondary N) is 1. The molecule has 0 aliphatic carbocycles. The number of anilines is 1. The van der Waals surface area contributed by atoms with Crippen molar-refractivity contribution in [1.29, 1.82) is 5.26 Å². The monoisotopic (exact) mass is 506 g/mol. The molecular weight excluding hydrogens is 476 g/mol. The molecular formula is C27H30N4O4S. The number of nitriles is 1. The van der Waals surface area contributed by atoms with Gasteiger partial charge in [0.05, 0.1) is 7.11 Å². The molecule has 0 unspecified atom stereocenters. The lowest BCUT2D eigenvalue weighted by Gasteiger charge is -2.14. The van der Waals surface area contributed by atoms with Gasteiger partial charge in [-0.1, -0.05) is 56.4 Å². The van der Waals surface area contributed by atoms with Gasteiger partial charge >= 0.3 is 0 Å². The van der Waals surface area contributed by atoms with E-state index in [0.717, 1.165) is 21.9 Å². The van der Waals surface area contributed by atoms with Gasteiger partial charge in [-0.2, -0.15) is 5.26 Å². The van der Waals surface area contributed by atoms with Crippen molar-refractivity contribution < 1.29 is 19.0 Å². The van der Waals surface area contributed by atoms with Crippen molar-refractivity contribution >= 4 is 28.5 Å². The van der Waals surface area contributed by atoms with E-state index < -0.39 is 5.91 Å². The Labute approximate surface area is 215 Å². The number of rotatable bonds is 9. The first-order valence-electron chi connectivity index (χ1n) is 11.4. The third-order valence-electron chi connectivity index (χ3n) is 5.15. The zero-order valence-corrected chi connectivity index (χ0v) is 22.2. The van der Waals surface area contributed by atoms with Crippen LogP contribution in [-0.4, -0.2) is 36.4 Å². The van der Waals surface area contributed by atoms with Crippen molar-refractivity contribution in [1.82, 2.24) is 10.2 Å². The van der Waals surface area contributed by atoms with E-state index in [4.69, 9.17) is 14.2 Å². The van der Waals surface area contributed by atoms with Crippen LogP contribution in [0.2, 0.25) is 0 Å². The van der Waals surface area contributed by atoms with Gasteiger partial charge in [0, 0.05) is 5.41 Å². The van der Waals surface area contributed by atoms with Gasteiger partial charge in [0.25, 0.3) is 5.91 Å². The molecule has 9 heteroatoms. The molecule has 36 heavy (non-hydrogen) atoms. The number of methoxy groups -OCH3 is 1. The predicted octanol–water partition coefficient (Wildman–Crippen LogP) is 5.46. The number of nitrogens with zero attached hydrogens (tertiary/aromatic N) is 3. The molecule has 8 nitrogen and oxygen atoms in total. The Bertz CT molecular complexity index is 1280. The second kappa shape index (κ2) is 11.7. The minimum atomic E-state index is -0.558. The van der Waals surface area contributed by atoms with E-state index in [-0.39, 0.29) is 11.0 Å². The van der Waals surface area contributed by atoms with Crippen LogP contribution in [0, 0.1) is 25.2 Å². The van der Waals surface area contributed by atoms with Gasteiger partial charge < -0.3 is 14.2 Å². The van der Waals surface area contributed by atoms with Gasteiger partial charge in [-0.25, -0.2) is 0 Å². The maximum absolute atomic E-state index is 12.6. The lowest BCUT2D eigenvalue weighted by Crippen LogP contribution is -2.13. The molecule has 0 fully saturated rings. The number of hydrogen-bond donors (Lipinski definition) is 1. The standard InChI is InChI=1S/C27H30N4O4S/c1-17-8-7-9-18(2)23(17)35-13-12-34-21-11-10-19(15-22(21)33-6)14-20(16-28)24(32)29-26-31-30-25(36-26)27(3,4)5/h7-11,14-15H,12-13H2,1-6H3,(H,29,31,32). The summed E-state index contributed by atoms with van der Waals surface area (Å²) in [4.78, 5) is 12.6. The summed E-state index contributed by atoms with van der Waals surface area (Å²) in [6.45, 7) is 10.7. The summed E-state index contributed by atoms with van der Waals surface area (Å²) in [6.07, 6.45) is 1.48. The highest BCUT2D eigenvalue weighted by atomic mass is 32.1. The topological polar surface area (TPSA) is 106 Å². The molecule has 0 radical (unpaired) electrons. The fourth-order valence-corrected chi connectivity index (χ4v) is 4.07. The minimum absolute atomic E-state index is 0.0692. The number of carbonyl (C=O) groups is 1. The summed E-state index contributed by atoms with van der Waals surface area (Å²) in [5.41, 5.74) is 2.51. The molecule has 3 rings (SSSR count). The van der Waals surface area contributed by atoms with Gasteiger partial charge in [-0.15, -0.1) is 10.2 Å². The van der Waals surface area contributed by atoms with Crippen molar-refractivity contribution in [3.63, 3.8) is 0 Å². The second-order valence-corrected chi connectivity index (χ2v) is 10.1. The average Bonchev–Trinajstić information content (AvgIpc) is 3.31. The normalized spacial score (nSPS) is 11.5. The molecule has 2 aromatic carbocycles. The Morgan fingerprint density at radius 2 is 1.78 bits per heavy atom. The summed E-state index contributed by atoms with van der Waals surface area (Å²) in [7, 11) is 1.53. The van der Waals surface area contributed by atoms with Crippen molar-refractivity contribution in [2.24, 2.45) is 0 Å². The fourth-order valence-electron chi connectivity index (χ4n) is 3.27. The minimum Gasteiger partial charge on any atom is -0.493 e. The molecule has 1 aromatic heterocycles. The van der Waals surface area contributed by atoms with E-state index in [1.54, 1.807) is 18.2 Å². The molecule has 1 N–H and O–H groups in total. The molecule has 0 saturated carbocycles. The highest BCUT2D eigenvalue weighted by molar-refractivity contribution is 7.15. The second-order valence-electron chi connectivity index (χ2n) is 9.11. The van der Waals surface area contributed by atoms with Crippen LogP contribution in [0.1, 0.15) is 42.5 Å². The Morgan fingerprint density at radius 1 is 1.08 bits per heavy atom. The maximum Gasteiger partial charge on any atom is 0.268 e. The molecule has 1 heterocycles. The smallest absolute Gasteiger partial charge is 0.268 e. The highest BCUT2D eigenvalue weighted by Gasteiger charge is 2.21. The summed E-state index contributed by atoms with van der Waals surface area (Å²) in [5, 5.41) is 21.4. The van der Waals surface area contributed by atoms with E-state index in [9.17, 15) is 10.1 Å². The lowest BCUT2D eigenvalue weighted by molar-refractivity contribution is -0.112. The van der Waals surface area contributed by atoms with E-state index in [0.29, 0.717) is 35.4 Å². The number of amides is 1. The molecule has 3 aromatic rings. The largest absolute Gasteiger partial charge is 0.493 e. The van der Waals surface area contributed by atoms with Gasteiger partial charge in [0.1, 0.15) is 35.6 Å². The highest BCUT2D eigenvalue weighted by Crippen LogP contribution is 2.30. The Kier molecular flexibility index (Phi) is 8.67. The predicted molar refractivity (Wildman–Crippen MR) is 141 cm³/mol. The summed E-state index contributed by atoms with van der Waals surface area (Å²) in [5.74, 6) is 1.31. The first-order chi connectivity index (χ1) is 17.1. The number of para-hydroxylation sites is 1. The van der Waals surface area contributed by atoms with Crippen LogP contribution in [0.4, 0.5) is 5.13 Å². The molecule has 0 saturated heterocycles. The van der Waals surface area contributed by atoms with Crippen LogP contribution in [0.25, 0.3) is 6.08 Å². The van der Waals surface area contributed by atoms with E-state index in [2.05, 4.69) is 15.5 Å². The van der Waals surface area contributed by atoms with Crippen molar-refractivity contribution in [2.45, 2.75) is 40.0 Å². The quantitative estimate of drug-likeness (QED) is 0.233. The average molecular weight is 507 g/mol. The number of ether oxygens (including phenoxy) is 3. The SMILES string of the molecule is COc1cc(C=C(C#N)C(=O)Nc2nnc(C(C)(C)C)s2)ccc1OCCOc1c(C)cccc1C. The lowest BCUT2D eigenvalue weighted by atomic mass is 9.98. The molecule has 0 atom stereocenters. The van der Waals surface area contributed by atoms with Crippen LogP contribution in [0.3, 0.4) is 0 Å². The molecule has 1 amide bonds. The number of aryl methyl sites for hydroxylation is 2. The Balaban J connectivity index is 1.65. The molecule has 0 aliphatic heterocycles. The van der Waals surface area contributed by atoms with E-state index >= 15 is 0 Å². The molecule has 188 valence electrons. The first-order valence-corrected chi connectivity index (χ1v) is 12.2. The van der Waals surface area contributed by atoms with Gasteiger partial charge in [-0.3, -0.25) is 10.1 Å². The summed E-state index contributed by atoms with van der Waals surface area (Å²) >= 11 is 1.28. The maximum atomic E-state index is 12.6. The third-order valence-corrected chi connectivity index (χ3v) is 6.41. The van der Waals surface area contributed by atoms with Gasteiger partial charge in [0.2, 0.25) is 5.13 Å². The van der Waals surface area contributed by atoms with Gasteiger partial charge in [-0.05, 0) is 48.7 Å². The van der Waals surface area contributed by atoms with Crippen LogP contribution in [0.5, 0.6) is 17.2 Å². The first kappa shape index (κ1) is 26.7. The number of aromatic nitrogens is 2. The molecule has 0 spiro atoms. The number of carbonyl (C=O) groups excluding carboxylic acids is 1. The zero-order chi connectivity index (χ0) is 26.3. The van der Waals surface area contributed by atoms with Crippen LogP contribution in [-0.2, 0) is 10.2 Å². The van der Waals surface area contributed by atoms with Crippen molar-refractivity contribution in [3.8, 4) is 23.3 Å².